The van der Waals surface area contributed by atoms with Crippen molar-refractivity contribution in [1.29, 1.82) is 0 Å². The number of imide groups is 1. The number of ether oxygens (including phenoxy) is 1. The predicted octanol–water partition coefficient (Wildman–Crippen LogP) is 4.14. The van der Waals surface area contributed by atoms with Crippen molar-refractivity contribution >= 4 is 23.3 Å². The Bertz CT molecular complexity index is 1080. The van der Waals surface area contributed by atoms with E-state index in [1.54, 1.807) is 24.4 Å². The number of hydrogen-bond acceptors (Lipinski definition) is 5. The monoisotopic (exact) mass is 425 g/mol. The fourth-order valence-electron chi connectivity index (χ4n) is 3.25. The molecule has 0 saturated carbocycles. The summed E-state index contributed by atoms with van der Waals surface area (Å²) in [6, 6.07) is 12.8. The minimum Gasteiger partial charge on any atom is -0.486 e. The second kappa shape index (κ2) is 7.87. The highest BCUT2D eigenvalue weighted by Crippen LogP contribution is 2.30. The van der Waals surface area contributed by atoms with E-state index in [1.807, 2.05) is 31.2 Å². The predicted molar refractivity (Wildman–Crippen MR) is 110 cm³/mol. The minimum absolute atomic E-state index is 0.0825. The number of rotatable bonds is 6. The van der Waals surface area contributed by atoms with Gasteiger partial charge in [0.1, 0.15) is 28.7 Å². The Labute approximate surface area is 177 Å². The lowest BCUT2D eigenvalue weighted by Crippen LogP contribution is -2.40. The number of amides is 3. The summed E-state index contributed by atoms with van der Waals surface area (Å²) in [7, 11) is 0. The van der Waals surface area contributed by atoms with Gasteiger partial charge in [-0.3, -0.25) is 9.69 Å². The highest BCUT2D eigenvalue weighted by molar-refractivity contribution is 7.09. The third-order valence-corrected chi connectivity index (χ3v) is 5.87. The van der Waals surface area contributed by atoms with Crippen LogP contribution in [-0.2, 0) is 23.5 Å². The fraction of sp³-hybridized carbons (Fsp3) is 0.227. The Morgan fingerprint density at radius 2 is 1.83 bits per heavy atom. The summed E-state index contributed by atoms with van der Waals surface area (Å²) < 4.78 is 18.6. The third kappa shape index (κ3) is 3.91. The lowest BCUT2D eigenvalue weighted by molar-refractivity contribution is -0.131. The molecule has 0 bridgehead atoms. The number of carbonyl (C=O) groups is 2. The van der Waals surface area contributed by atoms with Crippen molar-refractivity contribution in [3.8, 4) is 5.75 Å². The third-order valence-electron chi connectivity index (χ3n) is 5.00. The molecule has 3 aromatic rings. The van der Waals surface area contributed by atoms with E-state index >= 15 is 0 Å². The van der Waals surface area contributed by atoms with Crippen molar-refractivity contribution < 1.29 is 18.7 Å². The summed E-state index contributed by atoms with van der Waals surface area (Å²) in [6.07, 6.45) is 0. The first-order chi connectivity index (χ1) is 14.3. The summed E-state index contributed by atoms with van der Waals surface area (Å²) in [4.78, 5) is 31.2. The van der Waals surface area contributed by atoms with Crippen LogP contribution >= 0.6 is 11.3 Å². The molecule has 2 heterocycles. The van der Waals surface area contributed by atoms with Gasteiger partial charge in [-0.15, -0.1) is 11.3 Å². The van der Waals surface area contributed by atoms with E-state index in [9.17, 15) is 14.0 Å². The van der Waals surface area contributed by atoms with Gasteiger partial charge in [-0.2, -0.15) is 0 Å². The first-order valence-corrected chi connectivity index (χ1v) is 10.3. The molecule has 1 aliphatic heterocycles. The summed E-state index contributed by atoms with van der Waals surface area (Å²) in [5.74, 6) is -0.102. The Morgan fingerprint density at radius 1 is 1.13 bits per heavy atom. The number of aromatic nitrogens is 1. The van der Waals surface area contributed by atoms with Gasteiger partial charge < -0.3 is 10.1 Å². The number of carbonyl (C=O) groups excluding carboxylic acids is 2. The van der Waals surface area contributed by atoms with Crippen molar-refractivity contribution in [2.24, 2.45) is 0 Å². The molecule has 8 heteroatoms. The highest BCUT2D eigenvalue weighted by Gasteiger charge is 2.49. The largest absolute Gasteiger partial charge is 0.486 e. The van der Waals surface area contributed by atoms with Gasteiger partial charge >= 0.3 is 6.03 Å². The molecule has 30 heavy (non-hydrogen) atoms. The van der Waals surface area contributed by atoms with Gasteiger partial charge in [0.25, 0.3) is 5.91 Å². The molecule has 1 aliphatic rings. The van der Waals surface area contributed by atoms with Gasteiger partial charge in [0.05, 0.1) is 12.2 Å². The van der Waals surface area contributed by atoms with E-state index in [0.29, 0.717) is 16.5 Å². The van der Waals surface area contributed by atoms with Crippen LogP contribution in [-0.4, -0.2) is 21.8 Å². The molecule has 6 nitrogen and oxygen atoms in total. The van der Waals surface area contributed by atoms with Crippen LogP contribution in [0.3, 0.4) is 0 Å². The molecule has 1 atom stereocenters. The second-order valence-electron chi connectivity index (χ2n) is 7.29. The van der Waals surface area contributed by atoms with E-state index < -0.39 is 11.6 Å². The smallest absolute Gasteiger partial charge is 0.325 e. The average molecular weight is 425 g/mol. The number of hydrogen-bond donors (Lipinski definition) is 1. The van der Waals surface area contributed by atoms with Crippen LogP contribution in [0.15, 0.2) is 53.9 Å². The lowest BCUT2D eigenvalue weighted by Gasteiger charge is -2.22. The van der Waals surface area contributed by atoms with Crippen LogP contribution in [0.5, 0.6) is 5.75 Å². The van der Waals surface area contributed by atoms with Crippen molar-refractivity contribution in [2.45, 2.75) is 32.5 Å². The van der Waals surface area contributed by atoms with Crippen LogP contribution in [0.1, 0.15) is 28.8 Å². The van der Waals surface area contributed by atoms with E-state index in [0.717, 1.165) is 11.1 Å². The number of aryl methyl sites for hydroxylation is 1. The van der Waals surface area contributed by atoms with E-state index in [4.69, 9.17) is 4.74 Å². The first-order valence-electron chi connectivity index (χ1n) is 9.38. The summed E-state index contributed by atoms with van der Waals surface area (Å²) >= 11 is 1.38. The van der Waals surface area contributed by atoms with E-state index in [1.165, 1.54) is 28.4 Å². The van der Waals surface area contributed by atoms with Gasteiger partial charge in [-0.25, -0.2) is 14.2 Å². The van der Waals surface area contributed by atoms with Gasteiger partial charge in [0, 0.05) is 5.38 Å². The fourth-order valence-corrected chi connectivity index (χ4v) is 3.95. The maximum Gasteiger partial charge on any atom is 0.325 e. The molecule has 1 saturated heterocycles. The molecule has 3 amide bonds. The molecule has 154 valence electrons. The maximum atomic E-state index is 13.0. The zero-order valence-electron chi connectivity index (χ0n) is 16.5. The molecule has 0 spiro atoms. The van der Waals surface area contributed by atoms with Crippen LogP contribution in [0, 0.1) is 12.7 Å². The highest BCUT2D eigenvalue weighted by atomic mass is 32.1. The summed E-state index contributed by atoms with van der Waals surface area (Å²) in [5, 5.41) is 5.30. The quantitative estimate of drug-likeness (QED) is 0.603. The standard InChI is InChI=1S/C22H20FN3O3S/c1-14-3-5-15(6-4-14)22(2)20(27)26(21(28)25-22)11-17-13-30-19(24-17)12-29-18-9-7-16(23)8-10-18/h3-10,13H,11-12H2,1-2H3,(H,25,28). The van der Waals surface area contributed by atoms with Crippen molar-refractivity contribution in [1.82, 2.24) is 15.2 Å². The number of nitrogens with one attached hydrogen (secondary N) is 1. The molecule has 1 unspecified atom stereocenters. The maximum absolute atomic E-state index is 13.0. The van der Waals surface area contributed by atoms with E-state index in [-0.39, 0.29) is 24.9 Å². The average Bonchev–Trinajstić information content (AvgIpc) is 3.26. The molecular weight excluding hydrogens is 405 g/mol. The molecule has 1 N–H and O–H groups in total. The summed E-state index contributed by atoms with van der Waals surface area (Å²) in [6.45, 7) is 3.98. The zero-order chi connectivity index (χ0) is 21.3. The topological polar surface area (TPSA) is 71.5 Å². The first kappa shape index (κ1) is 20.0. The Hall–Kier alpha value is -3.26. The van der Waals surface area contributed by atoms with Crippen LogP contribution in [0.25, 0.3) is 0 Å². The van der Waals surface area contributed by atoms with Crippen LogP contribution in [0.2, 0.25) is 0 Å². The number of thiazole rings is 1. The van der Waals surface area contributed by atoms with Gasteiger partial charge in [-0.05, 0) is 43.7 Å². The van der Waals surface area contributed by atoms with Gasteiger partial charge in [-0.1, -0.05) is 29.8 Å². The number of benzene rings is 2. The molecule has 0 aliphatic carbocycles. The van der Waals surface area contributed by atoms with Gasteiger partial charge in [0.2, 0.25) is 0 Å². The van der Waals surface area contributed by atoms with Crippen LogP contribution in [0.4, 0.5) is 9.18 Å². The number of halogens is 1. The molecule has 0 radical (unpaired) electrons. The lowest BCUT2D eigenvalue weighted by atomic mass is 9.91. The van der Waals surface area contributed by atoms with E-state index in [2.05, 4.69) is 10.3 Å². The Balaban J connectivity index is 1.43. The molecule has 1 aromatic heterocycles. The van der Waals surface area contributed by atoms with Crippen molar-refractivity contribution in [3.05, 3.63) is 81.6 Å². The second-order valence-corrected chi connectivity index (χ2v) is 8.23. The van der Waals surface area contributed by atoms with Gasteiger partial charge in [0.15, 0.2) is 0 Å². The molecule has 2 aromatic carbocycles. The van der Waals surface area contributed by atoms with Crippen LogP contribution < -0.4 is 10.1 Å². The Morgan fingerprint density at radius 3 is 2.53 bits per heavy atom. The Kier molecular flexibility index (Phi) is 5.26. The zero-order valence-corrected chi connectivity index (χ0v) is 17.3. The number of nitrogens with zero attached hydrogens (tertiary/aromatic N) is 2. The normalized spacial score (nSPS) is 18.6. The molecule has 4 rings (SSSR count). The number of urea groups is 1. The minimum atomic E-state index is -1.10. The summed E-state index contributed by atoms with van der Waals surface area (Å²) in [5.41, 5.74) is 1.32. The SMILES string of the molecule is Cc1ccc(C2(C)NC(=O)N(Cc3csc(COc4ccc(F)cc4)n3)C2=O)cc1. The molecular formula is C22H20FN3O3S. The van der Waals surface area contributed by atoms with Crippen molar-refractivity contribution in [3.63, 3.8) is 0 Å². The van der Waals surface area contributed by atoms with Crippen molar-refractivity contribution in [2.75, 3.05) is 0 Å². The molecule has 1 fully saturated rings.